The number of hydrogen-bond donors (Lipinski definition) is 2. The zero-order valence-electron chi connectivity index (χ0n) is 13.8. The Hall–Kier alpha value is -2.33. The van der Waals surface area contributed by atoms with Crippen LogP contribution in [0.5, 0.6) is 5.75 Å². The lowest BCUT2D eigenvalue weighted by Crippen LogP contribution is -2.22. The first kappa shape index (κ1) is 15.6. The quantitative estimate of drug-likeness (QED) is 0.914. The molecule has 3 N–H and O–H groups in total. The molecule has 4 heteroatoms. The third kappa shape index (κ3) is 2.82. The highest BCUT2D eigenvalue weighted by Gasteiger charge is 2.22. The minimum Gasteiger partial charge on any atom is -0.497 e. The van der Waals surface area contributed by atoms with Crippen LogP contribution in [0.25, 0.3) is 0 Å². The fourth-order valence-electron chi connectivity index (χ4n) is 3.15. The van der Waals surface area contributed by atoms with Crippen molar-refractivity contribution in [1.29, 1.82) is 0 Å². The highest BCUT2D eigenvalue weighted by Crippen LogP contribution is 2.34. The smallest absolute Gasteiger partial charge is 0.224 e. The van der Waals surface area contributed by atoms with Crippen LogP contribution in [0.3, 0.4) is 0 Å². The van der Waals surface area contributed by atoms with Crippen molar-refractivity contribution >= 4 is 11.6 Å². The topological polar surface area (TPSA) is 64.3 Å². The second-order valence-corrected chi connectivity index (χ2v) is 6.05. The van der Waals surface area contributed by atoms with Gasteiger partial charge >= 0.3 is 0 Å². The number of hydrogen-bond acceptors (Lipinski definition) is 3. The Morgan fingerprint density at radius 2 is 1.83 bits per heavy atom. The van der Waals surface area contributed by atoms with Gasteiger partial charge in [0.1, 0.15) is 5.75 Å². The number of methoxy groups -OCH3 is 1. The molecular formula is C19H22N2O2. The fourth-order valence-corrected chi connectivity index (χ4v) is 3.15. The van der Waals surface area contributed by atoms with Gasteiger partial charge in [0.25, 0.3) is 0 Å². The number of nitrogens with one attached hydrogen (secondary N) is 1. The van der Waals surface area contributed by atoms with E-state index in [4.69, 9.17) is 10.5 Å². The van der Waals surface area contributed by atoms with Crippen LogP contribution in [0.1, 0.15) is 40.3 Å². The van der Waals surface area contributed by atoms with Gasteiger partial charge in [-0.3, -0.25) is 4.79 Å². The Kier molecular flexibility index (Phi) is 4.09. The number of amides is 1. The number of rotatable bonds is 3. The molecular weight excluding hydrogens is 288 g/mol. The van der Waals surface area contributed by atoms with Crippen LogP contribution in [0, 0.1) is 13.8 Å². The van der Waals surface area contributed by atoms with E-state index < -0.39 is 0 Å². The van der Waals surface area contributed by atoms with Crippen LogP contribution < -0.4 is 15.8 Å². The molecule has 4 nitrogen and oxygen atoms in total. The highest BCUT2D eigenvalue weighted by molar-refractivity contribution is 5.95. The van der Waals surface area contributed by atoms with Gasteiger partial charge in [0.15, 0.2) is 0 Å². The SMILES string of the molecule is COc1ccc(C(N)c2cc3c(c(C)c2C)NC(=O)CC3)cc1. The van der Waals surface area contributed by atoms with Crippen LogP contribution in [0.15, 0.2) is 30.3 Å². The molecule has 1 aliphatic heterocycles. The molecule has 2 aromatic rings. The number of carbonyl (C=O) groups excluding carboxylic acids is 1. The largest absolute Gasteiger partial charge is 0.497 e. The van der Waals surface area contributed by atoms with E-state index in [2.05, 4.69) is 18.3 Å². The van der Waals surface area contributed by atoms with Gasteiger partial charge in [0, 0.05) is 12.1 Å². The summed E-state index contributed by atoms with van der Waals surface area (Å²) in [6.07, 6.45) is 1.30. The van der Waals surface area contributed by atoms with Crippen molar-refractivity contribution in [2.24, 2.45) is 5.73 Å². The van der Waals surface area contributed by atoms with Crippen molar-refractivity contribution in [3.8, 4) is 5.75 Å². The Morgan fingerprint density at radius 3 is 2.48 bits per heavy atom. The number of fused-ring (bicyclic) bond motifs is 1. The second-order valence-electron chi connectivity index (χ2n) is 6.05. The maximum absolute atomic E-state index is 11.6. The molecule has 0 spiro atoms. The summed E-state index contributed by atoms with van der Waals surface area (Å²) in [4.78, 5) is 11.6. The molecule has 2 aromatic carbocycles. The summed E-state index contributed by atoms with van der Waals surface area (Å²) >= 11 is 0. The average Bonchev–Trinajstić information content (AvgIpc) is 2.58. The molecule has 0 saturated carbocycles. The van der Waals surface area contributed by atoms with Gasteiger partial charge in [-0.05, 0) is 60.2 Å². The third-order valence-electron chi connectivity index (χ3n) is 4.72. The summed E-state index contributed by atoms with van der Waals surface area (Å²) in [6, 6.07) is 9.80. The lowest BCUT2D eigenvalue weighted by Gasteiger charge is -2.25. The van der Waals surface area contributed by atoms with Gasteiger partial charge in [-0.15, -0.1) is 0 Å². The predicted octanol–water partition coefficient (Wildman–Crippen LogP) is 3.24. The van der Waals surface area contributed by atoms with E-state index in [-0.39, 0.29) is 11.9 Å². The lowest BCUT2D eigenvalue weighted by atomic mass is 9.87. The standard InChI is InChI=1S/C19H22N2O2/c1-11-12(2)19-14(6-9-17(22)21-19)10-16(11)18(20)13-4-7-15(23-3)8-5-13/h4-5,7-8,10,18H,6,9,20H2,1-3H3,(H,21,22). The Balaban J connectivity index is 2.02. The van der Waals surface area contributed by atoms with Gasteiger partial charge < -0.3 is 15.8 Å². The zero-order valence-corrected chi connectivity index (χ0v) is 13.8. The van der Waals surface area contributed by atoms with E-state index in [0.29, 0.717) is 6.42 Å². The predicted molar refractivity (Wildman–Crippen MR) is 91.9 cm³/mol. The van der Waals surface area contributed by atoms with Crippen molar-refractivity contribution in [2.45, 2.75) is 32.7 Å². The Bertz CT molecular complexity index is 751. The van der Waals surface area contributed by atoms with Crippen LogP contribution in [-0.4, -0.2) is 13.0 Å². The van der Waals surface area contributed by atoms with E-state index in [9.17, 15) is 4.79 Å². The zero-order chi connectivity index (χ0) is 16.6. The summed E-state index contributed by atoms with van der Waals surface area (Å²) in [6.45, 7) is 4.11. The number of aryl methyl sites for hydroxylation is 1. The van der Waals surface area contributed by atoms with E-state index in [1.54, 1.807) is 7.11 Å². The first-order chi connectivity index (χ1) is 11.0. The van der Waals surface area contributed by atoms with Gasteiger partial charge in [0.2, 0.25) is 5.91 Å². The minimum atomic E-state index is -0.192. The normalized spacial score (nSPS) is 14.9. The van der Waals surface area contributed by atoms with Gasteiger partial charge in [-0.1, -0.05) is 18.2 Å². The monoisotopic (exact) mass is 310 g/mol. The number of benzene rings is 2. The second kappa shape index (κ2) is 6.05. The summed E-state index contributed by atoms with van der Waals surface area (Å²) < 4.78 is 5.20. The molecule has 1 amide bonds. The van der Waals surface area contributed by atoms with Crippen molar-refractivity contribution in [2.75, 3.05) is 12.4 Å². The molecule has 0 saturated heterocycles. The minimum absolute atomic E-state index is 0.0900. The van der Waals surface area contributed by atoms with E-state index in [0.717, 1.165) is 40.1 Å². The molecule has 1 atom stereocenters. The van der Waals surface area contributed by atoms with Gasteiger partial charge in [-0.2, -0.15) is 0 Å². The number of anilines is 1. The number of ether oxygens (including phenoxy) is 1. The molecule has 23 heavy (non-hydrogen) atoms. The molecule has 120 valence electrons. The van der Waals surface area contributed by atoms with Gasteiger partial charge in [-0.25, -0.2) is 0 Å². The summed E-state index contributed by atoms with van der Waals surface area (Å²) in [7, 11) is 1.65. The maximum atomic E-state index is 11.6. The van der Waals surface area contributed by atoms with Crippen LogP contribution >= 0.6 is 0 Å². The molecule has 1 heterocycles. The summed E-state index contributed by atoms with van der Waals surface area (Å²) in [5.41, 5.74) is 13.0. The Labute approximate surface area is 136 Å². The molecule has 3 rings (SSSR count). The summed E-state index contributed by atoms with van der Waals surface area (Å²) in [5, 5.41) is 2.99. The first-order valence-corrected chi connectivity index (χ1v) is 7.83. The number of carbonyl (C=O) groups is 1. The lowest BCUT2D eigenvalue weighted by molar-refractivity contribution is -0.116. The number of nitrogens with two attached hydrogens (primary N) is 1. The van der Waals surface area contributed by atoms with Crippen LogP contribution in [-0.2, 0) is 11.2 Å². The molecule has 1 aliphatic rings. The maximum Gasteiger partial charge on any atom is 0.224 e. The molecule has 0 aliphatic carbocycles. The highest BCUT2D eigenvalue weighted by atomic mass is 16.5. The third-order valence-corrected chi connectivity index (χ3v) is 4.72. The Morgan fingerprint density at radius 1 is 1.13 bits per heavy atom. The van der Waals surface area contributed by atoms with E-state index in [1.807, 2.05) is 31.2 Å². The first-order valence-electron chi connectivity index (χ1n) is 7.83. The van der Waals surface area contributed by atoms with E-state index in [1.165, 1.54) is 5.56 Å². The van der Waals surface area contributed by atoms with Crippen molar-refractivity contribution in [1.82, 2.24) is 0 Å². The molecule has 1 unspecified atom stereocenters. The molecule has 0 bridgehead atoms. The van der Waals surface area contributed by atoms with Crippen molar-refractivity contribution in [3.05, 3.63) is 58.1 Å². The average molecular weight is 310 g/mol. The molecule has 0 fully saturated rings. The van der Waals surface area contributed by atoms with Crippen LogP contribution in [0.4, 0.5) is 5.69 Å². The fraction of sp³-hybridized carbons (Fsp3) is 0.316. The van der Waals surface area contributed by atoms with Crippen molar-refractivity contribution < 1.29 is 9.53 Å². The van der Waals surface area contributed by atoms with E-state index >= 15 is 0 Å². The molecule has 0 radical (unpaired) electrons. The van der Waals surface area contributed by atoms with Crippen LogP contribution in [0.2, 0.25) is 0 Å². The van der Waals surface area contributed by atoms with Gasteiger partial charge in [0.05, 0.1) is 13.2 Å². The summed E-state index contributed by atoms with van der Waals surface area (Å²) in [5.74, 6) is 0.911. The molecule has 0 aromatic heterocycles. The van der Waals surface area contributed by atoms with Crippen molar-refractivity contribution in [3.63, 3.8) is 0 Å².